The summed E-state index contributed by atoms with van der Waals surface area (Å²) in [4.78, 5) is 13.6. The van der Waals surface area contributed by atoms with Crippen LogP contribution in [0.5, 0.6) is 0 Å². The van der Waals surface area contributed by atoms with Gasteiger partial charge in [-0.1, -0.05) is 32.3 Å². The largest absolute Gasteiger partial charge is 0.382 e. The van der Waals surface area contributed by atoms with Gasteiger partial charge in [-0.15, -0.1) is 0 Å². The summed E-state index contributed by atoms with van der Waals surface area (Å²) < 4.78 is 0. The van der Waals surface area contributed by atoms with Crippen molar-refractivity contribution in [1.29, 1.82) is 0 Å². The second-order valence-corrected chi connectivity index (χ2v) is 6.06. The highest BCUT2D eigenvalue weighted by atomic mass is 16.2. The van der Waals surface area contributed by atoms with Crippen LogP contribution in [-0.2, 0) is 0 Å². The number of nitrogens with one attached hydrogen (secondary N) is 1. The van der Waals surface area contributed by atoms with Crippen LogP contribution in [0.25, 0.3) is 0 Å². The van der Waals surface area contributed by atoms with Crippen LogP contribution in [0.4, 0.5) is 5.69 Å². The first-order valence-corrected chi connectivity index (χ1v) is 7.68. The molecule has 1 fully saturated rings. The predicted molar refractivity (Wildman–Crippen MR) is 84.1 cm³/mol. The maximum Gasteiger partial charge on any atom is 0.253 e. The molecule has 1 aromatic carbocycles. The summed E-state index contributed by atoms with van der Waals surface area (Å²) in [5, 5.41) is 3.61. The molecule has 20 heavy (non-hydrogen) atoms. The molecule has 2 rings (SSSR count). The Morgan fingerprint density at radius 3 is 2.85 bits per heavy atom. The van der Waals surface area contributed by atoms with Gasteiger partial charge in [-0.25, -0.2) is 0 Å². The zero-order chi connectivity index (χ0) is 14.5. The fourth-order valence-corrected chi connectivity index (χ4v) is 3.03. The molecule has 0 radical (unpaired) electrons. The van der Waals surface area contributed by atoms with Crippen molar-refractivity contribution in [2.75, 3.05) is 19.4 Å². The molecular weight excluding hydrogens is 248 g/mol. The molecule has 1 saturated carbocycles. The van der Waals surface area contributed by atoms with Gasteiger partial charge in [-0.2, -0.15) is 0 Å². The smallest absolute Gasteiger partial charge is 0.253 e. The lowest BCUT2D eigenvalue weighted by Gasteiger charge is -2.30. The van der Waals surface area contributed by atoms with Gasteiger partial charge in [-0.3, -0.25) is 4.79 Å². The third-order valence-corrected chi connectivity index (χ3v) is 4.25. The average molecular weight is 274 g/mol. The van der Waals surface area contributed by atoms with Crippen LogP contribution in [0.2, 0.25) is 0 Å². The number of benzene rings is 1. The van der Waals surface area contributed by atoms with Crippen molar-refractivity contribution in [2.24, 2.45) is 5.92 Å². The van der Waals surface area contributed by atoms with Crippen molar-refractivity contribution in [3.05, 3.63) is 29.8 Å². The first kappa shape index (κ1) is 14.9. The quantitative estimate of drug-likeness (QED) is 0.906. The third-order valence-electron chi connectivity index (χ3n) is 4.25. The van der Waals surface area contributed by atoms with Gasteiger partial charge in [0.2, 0.25) is 0 Å². The van der Waals surface area contributed by atoms with Crippen LogP contribution < -0.4 is 5.32 Å². The molecule has 1 N–H and O–H groups in total. The van der Waals surface area contributed by atoms with Crippen molar-refractivity contribution < 1.29 is 4.79 Å². The predicted octanol–water partition coefficient (Wildman–Crippen LogP) is 3.77. The number of rotatable bonds is 4. The molecule has 1 amide bonds. The number of hydrogen-bond donors (Lipinski definition) is 1. The fourth-order valence-electron chi connectivity index (χ4n) is 3.03. The normalized spacial score (nSPS) is 22.4. The van der Waals surface area contributed by atoms with E-state index in [4.69, 9.17) is 0 Å². The summed E-state index contributed by atoms with van der Waals surface area (Å²) in [7, 11) is 3.57. The van der Waals surface area contributed by atoms with Crippen molar-refractivity contribution >= 4 is 11.6 Å². The van der Waals surface area contributed by atoms with Crippen LogP contribution in [0.3, 0.4) is 0 Å². The van der Waals surface area contributed by atoms with Gasteiger partial charge < -0.3 is 10.2 Å². The number of carbonyl (C=O) groups is 1. The Balaban J connectivity index is 2.02. The van der Waals surface area contributed by atoms with Crippen molar-refractivity contribution in [3.8, 4) is 0 Å². The van der Waals surface area contributed by atoms with Gasteiger partial charge >= 0.3 is 0 Å². The second-order valence-electron chi connectivity index (χ2n) is 6.06. The maximum atomic E-state index is 12.0. The Hall–Kier alpha value is -1.51. The topological polar surface area (TPSA) is 32.3 Å². The van der Waals surface area contributed by atoms with E-state index in [-0.39, 0.29) is 5.91 Å². The van der Waals surface area contributed by atoms with Crippen LogP contribution in [0, 0.1) is 5.92 Å². The lowest BCUT2D eigenvalue weighted by molar-refractivity contribution is 0.0827. The zero-order valence-corrected chi connectivity index (χ0v) is 12.9. The van der Waals surface area contributed by atoms with Gasteiger partial charge in [0.25, 0.3) is 5.91 Å². The monoisotopic (exact) mass is 274 g/mol. The van der Waals surface area contributed by atoms with Crippen molar-refractivity contribution in [3.63, 3.8) is 0 Å². The molecule has 3 nitrogen and oxygen atoms in total. The summed E-state index contributed by atoms with van der Waals surface area (Å²) in [6.45, 7) is 2.28. The highest BCUT2D eigenvalue weighted by Crippen LogP contribution is 2.28. The van der Waals surface area contributed by atoms with E-state index in [1.54, 1.807) is 19.0 Å². The summed E-state index contributed by atoms with van der Waals surface area (Å²) in [5.74, 6) is 0.913. The average Bonchev–Trinajstić information content (AvgIpc) is 2.47. The zero-order valence-electron chi connectivity index (χ0n) is 12.9. The van der Waals surface area contributed by atoms with Crippen LogP contribution >= 0.6 is 0 Å². The molecular formula is C17H26N2O. The lowest BCUT2D eigenvalue weighted by Crippen LogP contribution is -2.27. The van der Waals surface area contributed by atoms with E-state index in [1.165, 1.54) is 32.1 Å². The van der Waals surface area contributed by atoms with Crippen LogP contribution in [-0.4, -0.2) is 30.9 Å². The molecule has 110 valence electrons. The van der Waals surface area contributed by atoms with Gasteiger partial charge in [0.15, 0.2) is 0 Å². The fraction of sp³-hybridized carbons (Fsp3) is 0.588. The SMILES string of the molecule is CCC1CCCC(Nc2cccc(C(=O)N(C)C)c2)C1. The number of hydrogen-bond acceptors (Lipinski definition) is 2. The molecule has 0 spiro atoms. The van der Waals surface area contributed by atoms with Crippen LogP contribution in [0.1, 0.15) is 49.4 Å². The minimum atomic E-state index is 0.0590. The summed E-state index contributed by atoms with van der Waals surface area (Å²) in [5.41, 5.74) is 1.82. The molecule has 0 saturated heterocycles. The maximum absolute atomic E-state index is 12.0. The standard InChI is InChI=1S/C17H26N2O/c1-4-13-7-5-9-15(11-13)18-16-10-6-8-14(12-16)17(20)19(2)3/h6,8,10,12-13,15,18H,4-5,7,9,11H2,1-3H3. The Morgan fingerprint density at radius 2 is 2.15 bits per heavy atom. The third kappa shape index (κ3) is 3.75. The first-order valence-electron chi connectivity index (χ1n) is 7.68. The Morgan fingerprint density at radius 1 is 1.35 bits per heavy atom. The van der Waals surface area contributed by atoms with Gasteiger partial charge in [0.1, 0.15) is 0 Å². The van der Waals surface area contributed by atoms with Gasteiger partial charge in [-0.05, 0) is 37.0 Å². The van der Waals surface area contributed by atoms with E-state index in [2.05, 4.69) is 18.3 Å². The molecule has 0 heterocycles. The molecule has 1 aromatic rings. The molecule has 2 unspecified atom stereocenters. The van der Waals surface area contributed by atoms with Crippen molar-refractivity contribution in [2.45, 2.75) is 45.1 Å². The molecule has 0 aromatic heterocycles. The minimum absolute atomic E-state index is 0.0590. The van der Waals surface area contributed by atoms with Crippen LogP contribution in [0.15, 0.2) is 24.3 Å². The first-order chi connectivity index (χ1) is 9.60. The highest BCUT2D eigenvalue weighted by molar-refractivity contribution is 5.94. The Bertz CT molecular complexity index is 456. The lowest BCUT2D eigenvalue weighted by atomic mass is 9.84. The van der Waals surface area contributed by atoms with Gasteiger partial charge in [0.05, 0.1) is 0 Å². The summed E-state index contributed by atoms with van der Waals surface area (Å²) in [6, 6.07) is 8.42. The molecule has 1 aliphatic carbocycles. The van der Waals surface area contributed by atoms with Gasteiger partial charge in [0, 0.05) is 31.4 Å². The minimum Gasteiger partial charge on any atom is -0.382 e. The van der Waals surface area contributed by atoms with E-state index in [9.17, 15) is 4.79 Å². The van der Waals surface area contributed by atoms with E-state index >= 15 is 0 Å². The Kier molecular flexibility index (Phi) is 5.05. The summed E-state index contributed by atoms with van der Waals surface area (Å²) >= 11 is 0. The molecule has 0 aliphatic heterocycles. The van der Waals surface area contributed by atoms with E-state index in [0.717, 1.165) is 17.2 Å². The van der Waals surface area contributed by atoms with E-state index < -0.39 is 0 Å². The number of carbonyl (C=O) groups excluding carboxylic acids is 1. The number of anilines is 1. The molecule has 2 atom stereocenters. The summed E-state index contributed by atoms with van der Waals surface area (Å²) in [6.07, 6.45) is 6.45. The Labute approximate surface area is 122 Å². The molecule has 3 heteroatoms. The number of nitrogens with zero attached hydrogens (tertiary/aromatic N) is 1. The molecule has 1 aliphatic rings. The molecule has 0 bridgehead atoms. The van der Waals surface area contributed by atoms with Crippen molar-refractivity contribution in [1.82, 2.24) is 4.90 Å². The van der Waals surface area contributed by atoms with E-state index in [0.29, 0.717) is 6.04 Å². The van der Waals surface area contributed by atoms with E-state index in [1.807, 2.05) is 18.2 Å². The highest BCUT2D eigenvalue weighted by Gasteiger charge is 2.20. The second kappa shape index (κ2) is 6.78. The number of amides is 1.